The van der Waals surface area contributed by atoms with Crippen LogP contribution in [0.25, 0.3) is 0 Å². The SMILES string of the molecule is C#CCCCCNC1CCCC1C1CCCN1. The van der Waals surface area contributed by atoms with Crippen molar-refractivity contribution in [3.8, 4) is 12.3 Å². The van der Waals surface area contributed by atoms with Crippen molar-refractivity contribution in [3.05, 3.63) is 0 Å². The van der Waals surface area contributed by atoms with Crippen molar-refractivity contribution >= 4 is 0 Å². The Hall–Kier alpha value is -0.520. The lowest BCUT2D eigenvalue weighted by atomic mass is 9.93. The molecule has 0 bridgehead atoms. The summed E-state index contributed by atoms with van der Waals surface area (Å²) < 4.78 is 0. The maximum atomic E-state index is 5.26. The predicted octanol–water partition coefficient (Wildman–Crippen LogP) is 2.30. The van der Waals surface area contributed by atoms with Crippen LogP contribution in [0.4, 0.5) is 0 Å². The molecule has 2 aliphatic rings. The van der Waals surface area contributed by atoms with E-state index >= 15 is 0 Å². The second-order valence-corrected chi connectivity index (χ2v) is 5.52. The fraction of sp³-hybridized carbons (Fsp3) is 0.867. The molecule has 2 heteroatoms. The highest BCUT2D eigenvalue weighted by Crippen LogP contribution is 2.31. The molecular formula is C15H26N2. The third-order valence-electron chi connectivity index (χ3n) is 4.34. The van der Waals surface area contributed by atoms with Crippen molar-refractivity contribution in [3.63, 3.8) is 0 Å². The molecule has 1 saturated carbocycles. The van der Waals surface area contributed by atoms with Gasteiger partial charge in [-0.2, -0.15) is 0 Å². The highest BCUT2D eigenvalue weighted by molar-refractivity contribution is 4.93. The van der Waals surface area contributed by atoms with Gasteiger partial charge in [-0.15, -0.1) is 12.3 Å². The average molecular weight is 234 g/mol. The Labute approximate surface area is 106 Å². The lowest BCUT2D eigenvalue weighted by molar-refractivity contribution is 0.320. The molecule has 1 aliphatic heterocycles. The first-order chi connectivity index (χ1) is 8.42. The van der Waals surface area contributed by atoms with E-state index in [0.717, 1.165) is 31.0 Å². The molecule has 2 N–H and O–H groups in total. The first kappa shape index (κ1) is 12.9. The summed E-state index contributed by atoms with van der Waals surface area (Å²) in [6.07, 6.45) is 15.5. The number of hydrogen-bond acceptors (Lipinski definition) is 2. The summed E-state index contributed by atoms with van der Waals surface area (Å²) in [7, 11) is 0. The maximum Gasteiger partial charge on any atom is 0.0111 e. The van der Waals surface area contributed by atoms with Crippen LogP contribution in [-0.4, -0.2) is 25.2 Å². The summed E-state index contributed by atoms with van der Waals surface area (Å²) in [6, 6.07) is 1.55. The summed E-state index contributed by atoms with van der Waals surface area (Å²) in [5, 5.41) is 7.43. The van der Waals surface area contributed by atoms with Gasteiger partial charge in [-0.1, -0.05) is 6.42 Å². The first-order valence-electron chi connectivity index (χ1n) is 7.32. The van der Waals surface area contributed by atoms with Crippen LogP contribution in [0.1, 0.15) is 51.4 Å². The monoisotopic (exact) mass is 234 g/mol. The minimum atomic E-state index is 0.761. The third kappa shape index (κ3) is 3.72. The molecule has 0 amide bonds. The predicted molar refractivity (Wildman–Crippen MR) is 72.8 cm³/mol. The van der Waals surface area contributed by atoms with Crippen LogP contribution in [0, 0.1) is 18.3 Å². The molecule has 17 heavy (non-hydrogen) atoms. The highest BCUT2D eigenvalue weighted by Gasteiger charge is 2.34. The third-order valence-corrected chi connectivity index (χ3v) is 4.34. The second-order valence-electron chi connectivity index (χ2n) is 5.52. The molecule has 0 radical (unpaired) electrons. The topological polar surface area (TPSA) is 24.1 Å². The maximum absolute atomic E-state index is 5.26. The largest absolute Gasteiger partial charge is 0.314 e. The molecule has 1 saturated heterocycles. The van der Waals surface area contributed by atoms with Gasteiger partial charge in [0.05, 0.1) is 0 Å². The number of unbranched alkanes of at least 4 members (excludes halogenated alkanes) is 2. The Bertz CT molecular complexity index is 250. The van der Waals surface area contributed by atoms with Crippen molar-refractivity contribution in [2.45, 2.75) is 63.5 Å². The van der Waals surface area contributed by atoms with Gasteiger partial charge in [-0.3, -0.25) is 0 Å². The quantitative estimate of drug-likeness (QED) is 0.544. The van der Waals surface area contributed by atoms with Gasteiger partial charge >= 0.3 is 0 Å². The highest BCUT2D eigenvalue weighted by atomic mass is 15.0. The molecule has 0 spiro atoms. The summed E-state index contributed by atoms with van der Waals surface area (Å²) in [6.45, 7) is 2.38. The van der Waals surface area contributed by atoms with Crippen molar-refractivity contribution in [1.82, 2.24) is 10.6 Å². The zero-order valence-electron chi connectivity index (χ0n) is 10.9. The fourth-order valence-electron chi connectivity index (χ4n) is 3.44. The van der Waals surface area contributed by atoms with Crippen LogP contribution in [0.3, 0.4) is 0 Å². The van der Waals surface area contributed by atoms with E-state index in [4.69, 9.17) is 6.42 Å². The van der Waals surface area contributed by atoms with Crippen LogP contribution in [0.5, 0.6) is 0 Å². The minimum Gasteiger partial charge on any atom is -0.314 e. The molecule has 3 atom stereocenters. The van der Waals surface area contributed by atoms with Crippen LogP contribution < -0.4 is 10.6 Å². The minimum absolute atomic E-state index is 0.761. The van der Waals surface area contributed by atoms with E-state index in [9.17, 15) is 0 Å². The van der Waals surface area contributed by atoms with Gasteiger partial charge in [-0.05, 0) is 57.5 Å². The van der Waals surface area contributed by atoms with Crippen LogP contribution in [-0.2, 0) is 0 Å². The zero-order valence-corrected chi connectivity index (χ0v) is 10.9. The van der Waals surface area contributed by atoms with Gasteiger partial charge in [0.2, 0.25) is 0 Å². The standard InChI is InChI=1S/C15H26N2/c1-2-3-4-5-11-16-14-9-6-8-13(14)15-10-7-12-17-15/h1,13-17H,3-12H2. The number of rotatable bonds is 6. The van der Waals surface area contributed by atoms with Crippen LogP contribution in [0.2, 0.25) is 0 Å². The molecule has 1 heterocycles. The molecule has 2 nitrogen and oxygen atoms in total. The molecule has 0 aromatic rings. The van der Waals surface area contributed by atoms with Crippen molar-refractivity contribution in [2.24, 2.45) is 5.92 Å². The Kier molecular flexibility index (Phi) is 5.35. The van der Waals surface area contributed by atoms with Gasteiger partial charge in [0.15, 0.2) is 0 Å². The van der Waals surface area contributed by atoms with Crippen molar-refractivity contribution in [1.29, 1.82) is 0 Å². The summed E-state index contributed by atoms with van der Waals surface area (Å²) in [5.74, 6) is 3.59. The molecule has 3 unspecified atom stereocenters. The lowest BCUT2D eigenvalue weighted by Crippen LogP contribution is -2.42. The van der Waals surface area contributed by atoms with E-state index in [0.29, 0.717) is 0 Å². The summed E-state index contributed by atoms with van der Waals surface area (Å²) in [4.78, 5) is 0. The van der Waals surface area contributed by atoms with E-state index in [2.05, 4.69) is 16.6 Å². The van der Waals surface area contributed by atoms with Crippen LogP contribution >= 0.6 is 0 Å². The number of terminal acetylenes is 1. The summed E-state index contributed by atoms with van der Waals surface area (Å²) in [5.41, 5.74) is 0. The normalized spacial score (nSPS) is 32.8. The molecule has 0 aromatic heterocycles. The Morgan fingerprint density at radius 2 is 2.12 bits per heavy atom. The van der Waals surface area contributed by atoms with Crippen LogP contribution in [0.15, 0.2) is 0 Å². The Morgan fingerprint density at radius 3 is 2.88 bits per heavy atom. The molecule has 2 fully saturated rings. The first-order valence-corrected chi connectivity index (χ1v) is 7.32. The van der Waals surface area contributed by atoms with E-state index in [1.54, 1.807) is 0 Å². The van der Waals surface area contributed by atoms with Gasteiger partial charge < -0.3 is 10.6 Å². The summed E-state index contributed by atoms with van der Waals surface area (Å²) >= 11 is 0. The van der Waals surface area contributed by atoms with E-state index in [1.165, 1.54) is 51.5 Å². The molecule has 2 rings (SSSR count). The number of hydrogen-bond donors (Lipinski definition) is 2. The van der Waals surface area contributed by atoms with Gasteiger partial charge in [0.25, 0.3) is 0 Å². The van der Waals surface area contributed by atoms with Crippen molar-refractivity contribution in [2.75, 3.05) is 13.1 Å². The van der Waals surface area contributed by atoms with E-state index in [-0.39, 0.29) is 0 Å². The van der Waals surface area contributed by atoms with Gasteiger partial charge in [-0.25, -0.2) is 0 Å². The average Bonchev–Trinajstić information content (AvgIpc) is 2.98. The molecule has 0 aromatic carbocycles. The lowest BCUT2D eigenvalue weighted by Gasteiger charge is -2.26. The fourth-order valence-corrected chi connectivity index (χ4v) is 3.44. The molecular weight excluding hydrogens is 208 g/mol. The van der Waals surface area contributed by atoms with Gasteiger partial charge in [0.1, 0.15) is 0 Å². The van der Waals surface area contributed by atoms with E-state index < -0.39 is 0 Å². The second kappa shape index (κ2) is 7.03. The van der Waals surface area contributed by atoms with Crippen molar-refractivity contribution < 1.29 is 0 Å². The Morgan fingerprint density at radius 1 is 1.18 bits per heavy atom. The van der Waals surface area contributed by atoms with Gasteiger partial charge in [0, 0.05) is 18.5 Å². The molecule has 1 aliphatic carbocycles. The number of nitrogens with one attached hydrogen (secondary N) is 2. The smallest absolute Gasteiger partial charge is 0.0111 e. The molecule has 96 valence electrons. The zero-order chi connectivity index (χ0) is 11.9. The Balaban J connectivity index is 1.66. The van der Waals surface area contributed by atoms with E-state index in [1.807, 2.05) is 0 Å².